The van der Waals surface area contributed by atoms with Crippen LogP contribution in [0.15, 0.2) is 42.6 Å². The molecule has 1 unspecified atom stereocenters. The highest BCUT2D eigenvalue weighted by Gasteiger charge is 2.25. The van der Waals surface area contributed by atoms with Crippen LogP contribution >= 0.6 is 0 Å². The number of anilines is 2. The van der Waals surface area contributed by atoms with Crippen molar-refractivity contribution in [1.82, 2.24) is 14.9 Å². The molecule has 0 spiro atoms. The Labute approximate surface area is 160 Å². The zero-order chi connectivity index (χ0) is 18.6. The number of hydrogen-bond acceptors (Lipinski definition) is 5. The number of rotatable bonds is 3. The van der Waals surface area contributed by atoms with Gasteiger partial charge in [-0.05, 0) is 37.0 Å². The molecule has 2 fully saturated rings. The van der Waals surface area contributed by atoms with Crippen molar-refractivity contribution in [2.45, 2.75) is 19.8 Å². The summed E-state index contributed by atoms with van der Waals surface area (Å²) >= 11 is 0. The summed E-state index contributed by atoms with van der Waals surface area (Å²) in [6.07, 6.45) is 4.13. The van der Waals surface area contributed by atoms with Gasteiger partial charge >= 0.3 is 0 Å². The Morgan fingerprint density at radius 1 is 1.00 bits per heavy atom. The second-order valence-corrected chi connectivity index (χ2v) is 7.55. The number of benzene rings is 1. The second kappa shape index (κ2) is 7.94. The van der Waals surface area contributed by atoms with E-state index in [0.717, 1.165) is 32.6 Å². The number of amides is 1. The molecule has 2 saturated heterocycles. The maximum atomic E-state index is 12.9. The number of piperidine rings is 1. The first-order valence-corrected chi connectivity index (χ1v) is 9.88. The van der Waals surface area contributed by atoms with E-state index in [4.69, 9.17) is 0 Å². The monoisotopic (exact) mass is 365 g/mol. The van der Waals surface area contributed by atoms with Crippen molar-refractivity contribution < 1.29 is 4.79 Å². The van der Waals surface area contributed by atoms with Crippen LogP contribution < -0.4 is 9.80 Å². The van der Waals surface area contributed by atoms with Crippen LogP contribution in [0.5, 0.6) is 0 Å². The van der Waals surface area contributed by atoms with Crippen molar-refractivity contribution in [2.75, 3.05) is 49.1 Å². The van der Waals surface area contributed by atoms with Crippen molar-refractivity contribution in [3.05, 3.63) is 48.3 Å². The molecule has 0 radical (unpaired) electrons. The van der Waals surface area contributed by atoms with Crippen molar-refractivity contribution >= 4 is 17.5 Å². The number of carbonyl (C=O) groups is 1. The fraction of sp³-hybridized carbons (Fsp3) is 0.476. The van der Waals surface area contributed by atoms with Gasteiger partial charge in [-0.1, -0.05) is 25.1 Å². The molecule has 0 aliphatic carbocycles. The molecule has 2 aliphatic heterocycles. The Kier molecular flexibility index (Phi) is 5.23. The van der Waals surface area contributed by atoms with Gasteiger partial charge < -0.3 is 14.7 Å². The molecule has 0 N–H and O–H groups in total. The molecule has 0 saturated carbocycles. The average molecular weight is 365 g/mol. The Morgan fingerprint density at radius 3 is 2.52 bits per heavy atom. The maximum Gasteiger partial charge on any atom is 0.272 e. The lowest BCUT2D eigenvalue weighted by Crippen LogP contribution is -2.49. The third-order valence-corrected chi connectivity index (χ3v) is 5.49. The molecule has 27 heavy (non-hydrogen) atoms. The van der Waals surface area contributed by atoms with Gasteiger partial charge in [0, 0.05) is 51.2 Å². The lowest BCUT2D eigenvalue weighted by molar-refractivity contribution is 0.0740. The van der Waals surface area contributed by atoms with Gasteiger partial charge in [0.1, 0.15) is 5.69 Å². The smallest absolute Gasteiger partial charge is 0.272 e. The summed E-state index contributed by atoms with van der Waals surface area (Å²) in [6.45, 7) is 7.31. The predicted octanol–water partition coefficient (Wildman–Crippen LogP) is 2.68. The van der Waals surface area contributed by atoms with E-state index in [1.807, 2.05) is 11.0 Å². The summed E-state index contributed by atoms with van der Waals surface area (Å²) in [5.41, 5.74) is 1.72. The molecular weight excluding hydrogens is 338 g/mol. The van der Waals surface area contributed by atoms with Crippen LogP contribution in [0.4, 0.5) is 11.6 Å². The zero-order valence-electron chi connectivity index (χ0n) is 15.9. The fourth-order valence-electron chi connectivity index (χ4n) is 3.96. The van der Waals surface area contributed by atoms with E-state index in [2.05, 4.69) is 51.0 Å². The van der Waals surface area contributed by atoms with E-state index in [1.54, 1.807) is 12.3 Å². The number of piperazine rings is 1. The highest BCUT2D eigenvalue weighted by molar-refractivity contribution is 5.92. The van der Waals surface area contributed by atoms with Crippen molar-refractivity contribution in [3.63, 3.8) is 0 Å². The topological polar surface area (TPSA) is 52.6 Å². The molecule has 2 aromatic rings. The Balaban J connectivity index is 1.41. The van der Waals surface area contributed by atoms with Crippen LogP contribution in [0.25, 0.3) is 0 Å². The van der Waals surface area contributed by atoms with Gasteiger partial charge in [-0.25, -0.2) is 9.97 Å². The quantitative estimate of drug-likeness (QED) is 0.837. The standard InChI is InChI=1S/C21H27N5O/c1-17-6-5-11-26(16-17)21-22-10-9-19(23-21)20(27)25-14-12-24(13-15-25)18-7-3-2-4-8-18/h2-4,7-10,17H,5-6,11-16H2,1H3. The highest BCUT2D eigenvalue weighted by atomic mass is 16.2. The van der Waals surface area contributed by atoms with Gasteiger partial charge in [0.05, 0.1) is 0 Å². The van der Waals surface area contributed by atoms with E-state index in [1.165, 1.54) is 12.1 Å². The number of hydrogen-bond donors (Lipinski definition) is 0. The maximum absolute atomic E-state index is 12.9. The van der Waals surface area contributed by atoms with Gasteiger partial charge in [-0.3, -0.25) is 4.79 Å². The first-order valence-electron chi connectivity index (χ1n) is 9.88. The van der Waals surface area contributed by atoms with Gasteiger partial charge in [-0.15, -0.1) is 0 Å². The third kappa shape index (κ3) is 4.04. The number of nitrogens with zero attached hydrogens (tertiary/aromatic N) is 5. The second-order valence-electron chi connectivity index (χ2n) is 7.55. The van der Waals surface area contributed by atoms with Crippen molar-refractivity contribution in [2.24, 2.45) is 5.92 Å². The van der Waals surface area contributed by atoms with Crippen LogP contribution in [0, 0.1) is 5.92 Å². The minimum atomic E-state index is 0.0106. The first kappa shape index (κ1) is 17.8. The normalized spacial score (nSPS) is 20.6. The Bertz CT molecular complexity index is 773. The number of aromatic nitrogens is 2. The highest BCUT2D eigenvalue weighted by Crippen LogP contribution is 2.21. The predicted molar refractivity (Wildman–Crippen MR) is 107 cm³/mol. The molecule has 142 valence electrons. The molecule has 1 amide bonds. The first-order chi connectivity index (χ1) is 13.2. The molecule has 6 heteroatoms. The largest absolute Gasteiger partial charge is 0.368 e. The van der Waals surface area contributed by atoms with Crippen LogP contribution in [0.1, 0.15) is 30.3 Å². The van der Waals surface area contributed by atoms with Crippen LogP contribution in [0.3, 0.4) is 0 Å². The summed E-state index contributed by atoms with van der Waals surface area (Å²) in [6, 6.07) is 12.1. The SMILES string of the molecule is CC1CCCN(c2nccc(C(=O)N3CCN(c4ccccc4)CC3)n2)C1. The summed E-state index contributed by atoms with van der Waals surface area (Å²) < 4.78 is 0. The van der Waals surface area contributed by atoms with E-state index in [9.17, 15) is 4.79 Å². The average Bonchev–Trinajstić information content (AvgIpc) is 2.74. The van der Waals surface area contributed by atoms with E-state index >= 15 is 0 Å². The van der Waals surface area contributed by atoms with Gasteiger partial charge in [-0.2, -0.15) is 0 Å². The van der Waals surface area contributed by atoms with E-state index in [0.29, 0.717) is 30.6 Å². The Hall–Kier alpha value is -2.63. The van der Waals surface area contributed by atoms with E-state index < -0.39 is 0 Å². The van der Waals surface area contributed by atoms with E-state index in [-0.39, 0.29) is 5.91 Å². The third-order valence-electron chi connectivity index (χ3n) is 5.49. The van der Waals surface area contributed by atoms with Crippen molar-refractivity contribution in [1.29, 1.82) is 0 Å². The molecule has 1 aromatic carbocycles. The molecule has 3 heterocycles. The summed E-state index contributed by atoms with van der Waals surface area (Å²) in [4.78, 5) is 28.4. The van der Waals surface area contributed by atoms with Crippen LogP contribution in [-0.2, 0) is 0 Å². The molecule has 1 aromatic heterocycles. The molecular formula is C21H27N5O. The lowest BCUT2D eigenvalue weighted by atomic mass is 10.0. The summed E-state index contributed by atoms with van der Waals surface area (Å²) in [5, 5.41) is 0. The Morgan fingerprint density at radius 2 is 1.78 bits per heavy atom. The van der Waals surface area contributed by atoms with Gasteiger partial charge in [0.25, 0.3) is 5.91 Å². The number of para-hydroxylation sites is 1. The number of carbonyl (C=O) groups excluding carboxylic acids is 1. The van der Waals surface area contributed by atoms with Crippen LogP contribution in [0.2, 0.25) is 0 Å². The summed E-state index contributed by atoms with van der Waals surface area (Å²) in [5.74, 6) is 1.35. The molecule has 2 aliphatic rings. The minimum Gasteiger partial charge on any atom is -0.368 e. The zero-order valence-corrected chi connectivity index (χ0v) is 15.9. The molecule has 0 bridgehead atoms. The van der Waals surface area contributed by atoms with Crippen LogP contribution in [-0.4, -0.2) is 60.0 Å². The minimum absolute atomic E-state index is 0.0106. The van der Waals surface area contributed by atoms with Gasteiger partial charge in [0.2, 0.25) is 5.95 Å². The summed E-state index contributed by atoms with van der Waals surface area (Å²) in [7, 11) is 0. The fourth-order valence-corrected chi connectivity index (χ4v) is 3.96. The molecule has 4 rings (SSSR count). The van der Waals surface area contributed by atoms with Crippen molar-refractivity contribution in [3.8, 4) is 0 Å². The molecule has 1 atom stereocenters. The lowest BCUT2D eigenvalue weighted by Gasteiger charge is -2.36. The van der Waals surface area contributed by atoms with Gasteiger partial charge in [0.15, 0.2) is 0 Å². The molecule has 6 nitrogen and oxygen atoms in total.